The van der Waals surface area contributed by atoms with E-state index >= 15 is 0 Å². The van der Waals surface area contributed by atoms with Gasteiger partial charge in [-0.25, -0.2) is 9.97 Å². The van der Waals surface area contributed by atoms with E-state index in [1.165, 1.54) is 29.0 Å². The van der Waals surface area contributed by atoms with Crippen molar-refractivity contribution in [2.24, 2.45) is 0 Å². The average molecular weight is 499 g/mol. The van der Waals surface area contributed by atoms with Gasteiger partial charge in [-0.1, -0.05) is 84.6 Å². The largest absolute Gasteiger partial charge is 0.332 e. The molecule has 2 heterocycles. The summed E-state index contributed by atoms with van der Waals surface area (Å²) in [6.07, 6.45) is 2.34. The molecule has 0 atom stereocenters. The van der Waals surface area contributed by atoms with Crippen molar-refractivity contribution >= 4 is 34.6 Å². The highest BCUT2D eigenvalue weighted by molar-refractivity contribution is 8.00. The number of fused-ring (bicyclic) bond motifs is 1. The maximum absolute atomic E-state index is 4.96. The van der Waals surface area contributed by atoms with Crippen molar-refractivity contribution in [1.82, 2.24) is 19.5 Å². The number of para-hydroxylation sites is 2. The van der Waals surface area contributed by atoms with Gasteiger partial charge in [0.25, 0.3) is 0 Å². The first-order valence-electron chi connectivity index (χ1n) is 12.1. The zero-order valence-corrected chi connectivity index (χ0v) is 21.6. The number of thioether (sulfide) groups is 2. The molecule has 6 heteroatoms. The van der Waals surface area contributed by atoms with Gasteiger partial charge in [-0.05, 0) is 43.4 Å². The maximum Gasteiger partial charge on any atom is 0.166 e. The van der Waals surface area contributed by atoms with E-state index in [1.807, 2.05) is 35.7 Å². The lowest BCUT2D eigenvalue weighted by Crippen LogP contribution is -2.01. The SMILES string of the molecule is Cc1nc2ccccc2n1CCCSCCCSc1nc(-c2ccccc2)c(-c2ccccc2)[nH]1. The molecule has 1 N–H and O–H groups in total. The summed E-state index contributed by atoms with van der Waals surface area (Å²) in [7, 11) is 0. The summed E-state index contributed by atoms with van der Waals surface area (Å²) in [6.45, 7) is 3.14. The van der Waals surface area contributed by atoms with Gasteiger partial charge in [0.1, 0.15) is 5.82 Å². The van der Waals surface area contributed by atoms with Gasteiger partial charge < -0.3 is 9.55 Å². The average Bonchev–Trinajstić information content (AvgIpc) is 3.47. The molecule has 0 aliphatic rings. The Morgan fingerprint density at radius 1 is 0.743 bits per heavy atom. The Morgan fingerprint density at radius 2 is 1.43 bits per heavy atom. The lowest BCUT2D eigenvalue weighted by Gasteiger charge is -2.06. The van der Waals surface area contributed by atoms with Gasteiger partial charge in [0, 0.05) is 23.4 Å². The van der Waals surface area contributed by atoms with Crippen LogP contribution in [-0.4, -0.2) is 36.8 Å². The smallest absolute Gasteiger partial charge is 0.166 e. The molecule has 0 saturated carbocycles. The fourth-order valence-corrected chi connectivity index (χ4v) is 6.15. The number of hydrogen-bond donors (Lipinski definition) is 1. The molecule has 5 aromatic rings. The second kappa shape index (κ2) is 11.6. The number of aryl methyl sites for hydroxylation is 2. The number of H-pyrrole nitrogens is 1. The molecule has 0 fully saturated rings. The molecule has 0 unspecified atom stereocenters. The lowest BCUT2D eigenvalue weighted by molar-refractivity contribution is 0.680. The molecule has 2 aromatic heterocycles. The van der Waals surface area contributed by atoms with Gasteiger partial charge in [0.15, 0.2) is 5.16 Å². The Hall–Kier alpha value is -2.96. The second-order valence-electron chi connectivity index (χ2n) is 8.46. The van der Waals surface area contributed by atoms with E-state index in [2.05, 4.69) is 94.3 Å². The van der Waals surface area contributed by atoms with Crippen LogP contribution in [0, 0.1) is 6.92 Å². The van der Waals surface area contributed by atoms with Gasteiger partial charge in [-0.15, -0.1) is 0 Å². The molecule has 3 aromatic carbocycles. The van der Waals surface area contributed by atoms with E-state index < -0.39 is 0 Å². The van der Waals surface area contributed by atoms with Crippen LogP contribution in [0.25, 0.3) is 33.5 Å². The summed E-state index contributed by atoms with van der Waals surface area (Å²) in [4.78, 5) is 13.2. The van der Waals surface area contributed by atoms with Crippen LogP contribution in [0.3, 0.4) is 0 Å². The molecule has 0 radical (unpaired) electrons. The topological polar surface area (TPSA) is 46.5 Å². The molecule has 0 bridgehead atoms. The predicted molar refractivity (Wildman–Crippen MR) is 151 cm³/mol. The molecule has 0 saturated heterocycles. The van der Waals surface area contributed by atoms with E-state index in [9.17, 15) is 0 Å². The molecular weight excluding hydrogens is 468 g/mol. The highest BCUT2D eigenvalue weighted by atomic mass is 32.2. The van der Waals surface area contributed by atoms with Crippen molar-refractivity contribution in [2.75, 3.05) is 17.3 Å². The molecule has 35 heavy (non-hydrogen) atoms. The number of aromatic amines is 1. The molecule has 178 valence electrons. The van der Waals surface area contributed by atoms with Crippen LogP contribution >= 0.6 is 23.5 Å². The first-order chi connectivity index (χ1) is 17.3. The third-order valence-corrected chi connectivity index (χ3v) is 8.09. The van der Waals surface area contributed by atoms with Crippen LogP contribution in [-0.2, 0) is 6.54 Å². The number of hydrogen-bond acceptors (Lipinski definition) is 4. The van der Waals surface area contributed by atoms with Crippen LogP contribution in [0.4, 0.5) is 0 Å². The molecule has 0 aliphatic heterocycles. The summed E-state index contributed by atoms with van der Waals surface area (Å²) in [5.74, 6) is 4.52. The van der Waals surface area contributed by atoms with E-state index in [0.717, 1.165) is 52.2 Å². The van der Waals surface area contributed by atoms with Crippen LogP contribution in [0.1, 0.15) is 18.7 Å². The quantitative estimate of drug-likeness (QED) is 0.150. The van der Waals surface area contributed by atoms with Crippen molar-refractivity contribution in [1.29, 1.82) is 0 Å². The standard InChI is InChI=1S/C29H30N4S2/c1-22-30-25-16-8-9-17-26(25)33(22)18-10-19-34-20-11-21-35-29-31-27(23-12-4-2-5-13-23)28(32-29)24-14-6-3-7-15-24/h2-9,12-17H,10-11,18-21H2,1H3,(H,31,32). The maximum atomic E-state index is 4.96. The van der Waals surface area contributed by atoms with Gasteiger partial charge >= 0.3 is 0 Å². The minimum absolute atomic E-state index is 0.996. The number of imidazole rings is 2. The lowest BCUT2D eigenvalue weighted by atomic mass is 10.1. The molecule has 0 spiro atoms. The zero-order chi connectivity index (χ0) is 23.9. The van der Waals surface area contributed by atoms with Gasteiger partial charge in [0.05, 0.1) is 22.4 Å². The van der Waals surface area contributed by atoms with Crippen molar-refractivity contribution in [2.45, 2.75) is 31.5 Å². The molecule has 0 aliphatic carbocycles. The summed E-state index contributed by atoms with van der Waals surface area (Å²) >= 11 is 3.86. The highest BCUT2D eigenvalue weighted by Crippen LogP contribution is 2.32. The van der Waals surface area contributed by atoms with Crippen molar-refractivity contribution in [3.63, 3.8) is 0 Å². The van der Waals surface area contributed by atoms with Crippen LogP contribution in [0.2, 0.25) is 0 Å². The Morgan fingerprint density at radius 3 is 2.23 bits per heavy atom. The van der Waals surface area contributed by atoms with E-state index in [-0.39, 0.29) is 0 Å². The number of aromatic nitrogens is 4. The summed E-state index contributed by atoms with van der Waals surface area (Å²) < 4.78 is 2.34. The van der Waals surface area contributed by atoms with Crippen molar-refractivity contribution in [3.05, 3.63) is 90.8 Å². The second-order valence-corrected chi connectivity index (χ2v) is 10.8. The number of rotatable bonds is 11. The zero-order valence-electron chi connectivity index (χ0n) is 20.0. The summed E-state index contributed by atoms with van der Waals surface area (Å²) in [5.41, 5.74) is 6.77. The van der Waals surface area contributed by atoms with Crippen molar-refractivity contribution < 1.29 is 0 Å². The Balaban J connectivity index is 1.10. The van der Waals surface area contributed by atoms with E-state index in [0.29, 0.717) is 0 Å². The number of benzene rings is 3. The summed E-state index contributed by atoms with van der Waals surface area (Å²) in [6, 6.07) is 29.3. The van der Waals surface area contributed by atoms with Crippen LogP contribution in [0.5, 0.6) is 0 Å². The Bertz CT molecular complexity index is 1300. The Labute approximate surface area is 215 Å². The molecule has 5 rings (SSSR count). The minimum atomic E-state index is 0.996. The third-order valence-electron chi connectivity index (χ3n) is 5.98. The van der Waals surface area contributed by atoms with Gasteiger partial charge in [0.2, 0.25) is 0 Å². The first kappa shape index (κ1) is 23.8. The monoisotopic (exact) mass is 498 g/mol. The van der Waals surface area contributed by atoms with E-state index in [1.54, 1.807) is 0 Å². The molecule has 4 nitrogen and oxygen atoms in total. The Kier molecular flexibility index (Phi) is 7.91. The van der Waals surface area contributed by atoms with Gasteiger partial charge in [-0.3, -0.25) is 0 Å². The van der Waals surface area contributed by atoms with Crippen molar-refractivity contribution in [3.8, 4) is 22.5 Å². The first-order valence-corrected chi connectivity index (χ1v) is 14.3. The fraction of sp³-hybridized carbons (Fsp3) is 0.241. The molecular formula is C29H30N4S2. The van der Waals surface area contributed by atoms with Crippen LogP contribution in [0.15, 0.2) is 90.1 Å². The normalized spacial score (nSPS) is 11.3. The highest BCUT2D eigenvalue weighted by Gasteiger charge is 2.14. The van der Waals surface area contributed by atoms with Crippen LogP contribution < -0.4 is 0 Å². The minimum Gasteiger partial charge on any atom is -0.332 e. The summed E-state index contributed by atoms with van der Waals surface area (Å²) in [5, 5.41) is 0.996. The van der Waals surface area contributed by atoms with E-state index in [4.69, 9.17) is 4.98 Å². The third kappa shape index (κ3) is 5.82. The number of nitrogens with one attached hydrogen (secondary N) is 1. The molecule has 0 amide bonds. The fourth-order valence-electron chi connectivity index (χ4n) is 4.27. The predicted octanol–water partition coefficient (Wildman–Crippen LogP) is 7.71. The number of nitrogens with zero attached hydrogens (tertiary/aromatic N) is 3. The van der Waals surface area contributed by atoms with Gasteiger partial charge in [-0.2, -0.15) is 11.8 Å².